The van der Waals surface area contributed by atoms with Crippen molar-refractivity contribution < 1.29 is 9.90 Å². The van der Waals surface area contributed by atoms with Crippen LogP contribution in [0.4, 0.5) is 10.8 Å². The molecule has 1 unspecified atom stereocenters. The van der Waals surface area contributed by atoms with E-state index in [0.717, 1.165) is 52.3 Å². The fourth-order valence-electron chi connectivity index (χ4n) is 3.69. The van der Waals surface area contributed by atoms with Gasteiger partial charge in [0.2, 0.25) is 5.91 Å². The maximum absolute atomic E-state index is 11.4. The van der Waals surface area contributed by atoms with Crippen LogP contribution in [0.3, 0.4) is 0 Å². The van der Waals surface area contributed by atoms with Crippen molar-refractivity contribution in [1.29, 1.82) is 0 Å². The Hall–Kier alpha value is -2.72. The smallest absolute Gasteiger partial charge is 0.247 e. The molecule has 9 heteroatoms. The lowest BCUT2D eigenvalue weighted by molar-refractivity contribution is -0.111. The van der Waals surface area contributed by atoms with Crippen molar-refractivity contribution in [2.75, 3.05) is 23.7 Å². The number of aliphatic hydroxyl groups excluding tert-OH is 1. The quantitative estimate of drug-likeness (QED) is 0.306. The molecule has 4 rings (SSSR count). The third-order valence-corrected chi connectivity index (χ3v) is 7.52. The van der Waals surface area contributed by atoms with Crippen molar-refractivity contribution in [3.8, 4) is 0 Å². The summed E-state index contributed by atoms with van der Waals surface area (Å²) in [5.74, 6) is 0.566. The molecule has 1 fully saturated rings. The van der Waals surface area contributed by atoms with Crippen LogP contribution in [0.2, 0.25) is 0 Å². The fourth-order valence-corrected chi connectivity index (χ4v) is 5.55. The molecule has 7 nitrogen and oxygen atoms in total. The summed E-state index contributed by atoms with van der Waals surface area (Å²) in [6, 6.07) is 13.4. The van der Waals surface area contributed by atoms with Gasteiger partial charge < -0.3 is 15.7 Å². The Labute approximate surface area is 202 Å². The van der Waals surface area contributed by atoms with Gasteiger partial charge in [0.25, 0.3) is 0 Å². The molecule has 172 valence electrons. The van der Waals surface area contributed by atoms with Gasteiger partial charge in [0.15, 0.2) is 5.13 Å². The minimum atomic E-state index is -0.695. The zero-order valence-corrected chi connectivity index (χ0v) is 19.8. The largest absolute Gasteiger partial charge is 0.374 e. The van der Waals surface area contributed by atoms with Gasteiger partial charge in [-0.1, -0.05) is 36.1 Å². The van der Waals surface area contributed by atoms with Crippen LogP contribution in [0.1, 0.15) is 30.3 Å². The highest BCUT2D eigenvalue weighted by atomic mass is 32.2. The van der Waals surface area contributed by atoms with Crippen molar-refractivity contribution >= 4 is 39.8 Å². The molecule has 0 bridgehead atoms. The Morgan fingerprint density at radius 1 is 1.30 bits per heavy atom. The molecular weight excluding hydrogens is 454 g/mol. The van der Waals surface area contributed by atoms with Crippen LogP contribution in [-0.4, -0.2) is 45.0 Å². The number of hydrogen-bond acceptors (Lipinski definition) is 8. The highest BCUT2D eigenvalue weighted by Crippen LogP contribution is 2.32. The third-order valence-electron chi connectivity index (χ3n) is 5.36. The molecule has 0 spiro atoms. The molecule has 1 amide bonds. The van der Waals surface area contributed by atoms with Gasteiger partial charge in [-0.3, -0.25) is 14.7 Å². The first-order valence-electron chi connectivity index (χ1n) is 10.8. The van der Waals surface area contributed by atoms with Crippen molar-refractivity contribution in [2.45, 2.75) is 35.1 Å². The summed E-state index contributed by atoms with van der Waals surface area (Å²) in [5.41, 5.74) is 2.53. The first kappa shape index (κ1) is 23.4. The lowest BCUT2D eigenvalue weighted by atomic mass is 10.0. The highest BCUT2D eigenvalue weighted by Gasteiger charge is 2.26. The van der Waals surface area contributed by atoms with E-state index in [1.54, 1.807) is 35.2 Å². The summed E-state index contributed by atoms with van der Waals surface area (Å²) in [6.45, 7) is 5.01. The van der Waals surface area contributed by atoms with E-state index in [0.29, 0.717) is 5.69 Å². The average molecular weight is 482 g/mol. The van der Waals surface area contributed by atoms with Gasteiger partial charge in [-0.2, -0.15) is 0 Å². The molecule has 2 aromatic heterocycles. The standard InChI is InChI=1S/C24H27N5O2S2/c1-2-21(30)27-18-10-8-17(9-11-18)23(31)29-13-5-7-19(15-29)28-24-26-14-22(33-24)32-16-20-6-3-4-12-25-20/h2-4,6,8-12,14,19,23,31H,1,5,7,13,15-16H2,(H,26,28)(H,27,30)/t19-,23?/m1/s1. The van der Waals surface area contributed by atoms with Gasteiger partial charge >= 0.3 is 0 Å². The number of anilines is 2. The maximum Gasteiger partial charge on any atom is 0.247 e. The molecule has 1 aliphatic rings. The molecule has 3 N–H and O–H groups in total. The molecule has 0 aliphatic carbocycles. The summed E-state index contributed by atoms with van der Waals surface area (Å²) >= 11 is 3.39. The van der Waals surface area contributed by atoms with Gasteiger partial charge in [-0.15, -0.1) is 11.8 Å². The van der Waals surface area contributed by atoms with E-state index in [-0.39, 0.29) is 11.9 Å². The number of nitrogens with zero attached hydrogens (tertiary/aromatic N) is 3. The van der Waals surface area contributed by atoms with Crippen molar-refractivity contribution in [3.05, 3.63) is 78.8 Å². The molecular formula is C24H27N5O2S2. The van der Waals surface area contributed by atoms with E-state index >= 15 is 0 Å². The lowest BCUT2D eigenvalue weighted by Crippen LogP contribution is -2.43. The predicted molar refractivity (Wildman–Crippen MR) is 134 cm³/mol. The molecule has 0 saturated carbocycles. The number of carbonyl (C=O) groups excluding carboxylic acids is 1. The minimum absolute atomic E-state index is 0.222. The lowest BCUT2D eigenvalue weighted by Gasteiger charge is -2.36. The summed E-state index contributed by atoms with van der Waals surface area (Å²) in [4.78, 5) is 22.4. The maximum atomic E-state index is 11.4. The van der Waals surface area contributed by atoms with Gasteiger partial charge in [0.05, 0.1) is 16.1 Å². The van der Waals surface area contributed by atoms with Crippen LogP contribution in [-0.2, 0) is 10.5 Å². The number of likely N-dealkylation sites (tertiary alicyclic amines) is 1. The van der Waals surface area contributed by atoms with Crippen molar-refractivity contribution in [3.63, 3.8) is 0 Å². The molecule has 3 heterocycles. The molecule has 33 heavy (non-hydrogen) atoms. The summed E-state index contributed by atoms with van der Waals surface area (Å²) in [6.07, 6.45) is 6.28. The number of amides is 1. The van der Waals surface area contributed by atoms with E-state index in [1.807, 2.05) is 42.7 Å². The number of aromatic nitrogens is 2. The van der Waals surface area contributed by atoms with Crippen LogP contribution < -0.4 is 10.6 Å². The van der Waals surface area contributed by atoms with E-state index in [9.17, 15) is 9.90 Å². The van der Waals surface area contributed by atoms with Crippen molar-refractivity contribution in [1.82, 2.24) is 14.9 Å². The Kier molecular flexibility index (Phi) is 8.11. The minimum Gasteiger partial charge on any atom is -0.374 e. The molecule has 1 aromatic carbocycles. The number of hydrogen-bond donors (Lipinski definition) is 3. The average Bonchev–Trinajstić information content (AvgIpc) is 3.30. The van der Waals surface area contributed by atoms with Crippen LogP contribution in [0.25, 0.3) is 0 Å². The Morgan fingerprint density at radius 2 is 2.15 bits per heavy atom. The van der Waals surface area contributed by atoms with E-state index < -0.39 is 6.23 Å². The second kappa shape index (κ2) is 11.4. The van der Waals surface area contributed by atoms with Crippen LogP contribution in [0.15, 0.2) is 71.7 Å². The number of pyridine rings is 1. The predicted octanol–water partition coefficient (Wildman–Crippen LogP) is 4.52. The number of piperidine rings is 1. The summed E-state index contributed by atoms with van der Waals surface area (Å²) in [7, 11) is 0. The number of rotatable bonds is 9. The SMILES string of the molecule is C=CC(=O)Nc1ccc(C(O)N2CCC[C@@H](Nc3ncc(SCc4ccccn4)s3)C2)cc1. The zero-order chi connectivity index (χ0) is 23.0. The molecule has 2 atom stereocenters. The normalized spacial score (nSPS) is 17.3. The van der Waals surface area contributed by atoms with Crippen LogP contribution >= 0.6 is 23.1 Å². The number of aliphatic hydroxyl groups is 1. The molecule has 1 saturated heterocycles. The second-order valence-corrected chi connectivity index (χ2v) is 10.1. The van der Waals surface area contributed by atoms with Gasteiger partial charge in [-0.25, -0.2) is 4.98 Å². The number of thioether (sulfide) groups is 1. The van der Waals surface area contributed by atoms with E-state index in [4.69, 9.17) is 0 Å². The van der Waals surface area contributed by atoms with E-state index in [1.165, 1.54) is 6.08 Å². The van der Waals surface area contributed by atoms with Crippen molar-refractivity contribution in [2.24, 2.45) is 0 Å². The first-order valence-corrected chi connectivity index (χ1v) is 12.6. The first-order chi connectivity index (χ1) is 16.1. The van der Waals surface area contributed by atoms with E-state index in [2.05, 4.69) is 32.1 Å². The second-order valence-electron chi connectivity index (χ2n) is 7.76. The number of benzene rings is 1. The molecule has 1 aliphatic heterocycles. The van der Waals surface area contributed by atoms with Gasteiger partial charge in [0.1, 0.15) is 6.23 Å². The van der Waals surface area contributed by atoms with Gasteiger partial charge in [0, 0.05) is 36.8 Å². The monoisotopic (exact) mass is 481 g/mol. The molecule has 3 aromatic rings. The number of carbonyl (C=O) groups is 1. The molecule has 0 radical (unpaired) electrons. The Morgan fingerprint density at radius 3 is 2.91 bits per heavy atom. The summed E-state index contributed by atoms with van der Waals surface area (Å²) in [5, 5.41) is 18.1. The zero-order valence-electron chi connectivity index (χ0n) is 18.2. The Bertz CT molecular complexity index is 1060. The van der Waals surface area contributed by atoms with Crippen LogP contribution in [0, 0.1) is 0 Å². The van der Waals surface area contributed by atoms with Gasteiger partial charge in [-0.05, 0) is 48.7 Å². The summed E-state index contributed by atoms with van der Waals surface area (Å²) < 4.78 is 1.15. The Balaban J connectivity index is 1.30. The topological polar surface area (TPSA) is 90.4 Å². The highest BCUT2D eigenvalue weighted by molar-refractivity contribution is 8.00. The third kappa shape index (κ3) is 6.64. The number of nitrogens with one attached hydrogen (secondary N) is 2. The number of thiazole rings is 1. The fraction of sp³-hybridized carbons (Fsp3) is 0.292. The van der Waals surface area contributed by atoms with Crippen LogP contribution in [0.5, 0.6) is 0 Å².